The van der Waals surface area contributed by atoms with E-state index in [-0.39, 0.29) is 32.0 Å². The molecule has 10 heteroatoms. The Morgan fingerprint density at radius 2 is 0.922 bits per heavy atom. The first-order valence-electron chi connectivity index (χ1n) is 21.1. The van der Waals surface area contributed by atoms with Crippen molar-refractivity contribution in [1.29, 1.82) is 0 Å². The minimum Gasteiger partial charge on any atom is -0.462 e. The number of carbonyl (C=O) groups is 2. The third kappa shape index (κ3) is 25.4. The van der Waals surface area contributed by atoms with Crippen molar-refractivity contribution in [2.24, 2.45) is 0 Å². The van der Waals surface area contributed by atoms with E-state index >= 15 is 0 Å². The lowest BCUT2D eigenvalue weighted by atomic mass is 9.99. The van der Waals surface area contributed by atoms with E-state index in [1.807, 2.05) is 0 Å². The van der Waals surface area contributed by atoms with Crippen LogP contribution in [0.25, 0.3) is 0 Å². The van der Waals surface area contributed by atoms with Crippen LogP contribution in [0.4, 0.5) is 0 Å². The van der Waals surface area contributed by atoms with E-state index in [4.69, 9.17) is 18.9 Å². The van der Waals surface area contributed by atoms with Crippen LogP contribution in [0, 0.1) is 0 Å². The van der Waals surface area contributed by atoms with Crippen molar-refractivity contribution in [2.75, 3.05) is 19.8 Å². The number of carbonyl (C=O) groups excluding carboxylic acids is 2. The molecule has 51 heavy (non-hydrogen) atoms. The minimum absolute atomic E-state index is 0.209. The molecule has 1 aliphatic rings. The van der Waals surface area contributed by atoms with Crippen LogP contribution in [0.1, 0.15) is 194 Å². The molecule has 0 amide bonds. The molecule has 1 aliphatic heterocycles. The Kier molecular flexibility index (Phi) is 31.1. The molecule has 0 aliphatic carbocycles. The predicted octanol–water partition coefficient (Wildman–Crippen LogP) is 8.22. The van der Waals surface area contributed by atoms with Gasteiger partial charge in [-0.3, -0.25) is 9.59 Å². The lowest BCUT2D eigenvalue weighted by Gasteiger charge is -2.39. The molecule has 0 radical (unpaired) electrons. The number of unbranched alkanes of at least 4 members (excludes halogenated alkanes) is 24. The zero-order valence-electron chi connectivity index (χ0n) is 32.6. The molecular weight excluding hydrogens is 652 g/mol. The van der Waals surface area contributed by atoms with Gasteiger partial charge in [-0.05, 0) is 12.8 Å². The van der Waals surface area contributed by atoms with Crippen molar-refractivity contribution < 1.29 is 49.0 Å². The van der Waals surface area contributed by atoms with Gasteiger partial charge in [0.25, 0.3) is 0 Å². The third-order valence-corrected chi connectivity index (χ3v) is 9.99. The van der Waals surface area contributed by atoms with Gasteiger partial charge in [0.1, 0.15) is 31.0 Å². The predicted molar refractivity (Wildman–Crippen MR) is 201 cm³/mol. The van der Waals surface area contributed by atoms with Gasteiger partial charge in [0.15, 0.2) is 12.4 Å². The molecule has 6 atom stereocenters. The Balaban J connectivity index is 2.35. The van der Waals surface area contributed by atoms with Gasteiger partial charge in [0.05, 0.1) is 13.2 Å². The molecule has 0 aromatic heterocycles. The maximum Gasteiger partial charge on any atom is 0.306 e. The van der Waals surface area contributed by atoms with Crippen LogP contribution in [0.5, 0.6) is 0 Å². The fraction of sp³-hybridized carbons (Fsp3) is 0.951. The molecule has 0 unspecified atom stereocenters. The summed E-state index contributed by atoms with van der Waals surface area (Å²) in [6.45, 7) is 3.43. The molecule has 1 saturated heterocycles. The van der Waals surface area contributed by atoms with Crippen molar-refractivity contribution in [3.8, 4) is 0 Å². The average molecular weight is 731 g/mol. The van der Waals surface area contributed by atoms with Gasteiger partial charge in [-0.1, -0.05) is 168 Å². The summed E-state index contributed by atoms with van der Waals surface area (Å²) in [5.74, 6) is -0.795. The number of hydrogen-bond acceptors (Lipinski definition) is 10. The minimum atomic E-state index is -1.59. The van der Waals surface area contributed by atoms with Crippen LogP contribution in [0.2, 0.25) is 0 Å². The second kappa shape index (κ2) is 33.3. The van der Waals surface area contributed by atoms with Crippen LogP contribution >= 0.6 is 0 Å². The fourth-order valence-corrected chi connectivity index (χ4v) is 6.60. The summed E-state index contributed by atoms with van der Waals surface area (Å²) in [5.41, 5.74) is 0. The molecule has 0 aromatic carbocycles. The highest BCUT2D eigenvalue weighted by Gasteiger charge is 2.44. The number of aliphatic hydroxyl groups excluding tert-OH is 4. The summed E-state index contributed by atoms with van der Waals surface area (Å²) in [6.07, 6.45) is 23.9. The third-order valence-electron chi connectivity index (χ3n) is 9.99. The molecule has 0 spiro atoms. The highest BCUT2D eigenvalue weighted by Crippen LogP contribution is 2.23. The fourth-order valence-electron chi connectivity index (χ4n) is 6.60. The second-order valence-corrected chi connectivity index (χ2v) is 14.8. The molecule has 0 aromatic rings. The van der Waals surface area contributed by atoms with Gasteiger partial charge in [0, 0.05) is 12.8 Å². The molecule has 0 saturated carbocycles. The van der Waals surface area contributed by atoms with Crippen LogP contribution in [0.15, 0.2) is 0 Å². The maximum absolute atomic E-state index is 12.7. The number of rotatable bonds is 35. The van der Waals surface area contributed by atoms with Crippen molar-refractivity contribution in [2.45, 2.75) is 230 Å². The Morgan fingerprint density at radius 3 is 1.33 bits per heavy atom. The van der Waals surface area contributed by atoms with Crippen LogP contribution in [-0.4, -0.2) is 89.0 Å². The Hall–Kier alpha value is -1.30. The normalized spacial score (nSPS) is 21.1. The summed E-state index contributed by atoms with van der Waals surface area (Å²) < 4.78 is 22.1. The smallest absolute Gasteiger partial charge is 0.306 e. The zero-order chi connectivity index (χ0) is 37.4. The highest BCUT2D eigenvalue weighted by molar-refractivity contribution is 5.70. The average Bonchev–Trinajstić information content (AvgIpc) is 3.13. The van der Waals surface area contributed by atoms with E-state index in [1.165, 1.54) is 122 Å². The van der Waals surface area contributed by atoms with Gasteiger partial charge in [0.2, 0.25) is 0 Å². The SMILES string of the molecule is CCCCCCCCCCCCCCCC(=O)OC[C@@H](CO[C@H]1O[C@H](CO)[C@H](O)[C@H](O)[C@H]1O)OC(=O)CCCCCCCCCCCCCCC. The first-order valence-corrected chi connectivity index (χ1v) is 21.1. The van der Waals surface area contributed by atoms with Gasteiger partial charge in [-0.2, -0.15) is 0 Å². The lowest BCUT2D eigenvalue weighted by molar-refractivity contribution is -0.305. The van der Waals surface area contributed by atoms with Gasteiger partial charge < -0.3 is 39.4 Å². The second-order valence-electron chi connectivity index (χ2n) is 14.8. The van der Waals surface area contributed by atoms with Gasteiger partial charge >= 0.3 is 11.9 Å². The van der Waals surface area contributed by atoms with E-state index in [1.54, 1.807) is 0 Å². The largest absolute Gasteiger partial charge is 0.462 e. The van der Waals surface area contributed by atoms with Crippen LogP contribution < -0.4 is 0 Å². The quantitative estimate of drug-likeness (QED) is 0.0371. The monoisotopic (exact) mass is 731 g/mol. The van der Waals surface area contributed by atoms with Crippen molar-refractivity contribution in [3.05, 3.63) is 0 Å². The molecule has 1 fully saturated rings. The van der Waals surface area contributed by atoms with E-state index in [2.05, 4.69) is 13.8 Å². The van der Waals surface area contributed by atoms with Gasteiger partial charge in [-0.15, -0.1) is 0 Å². The molecule has 4 N–H and O–H groups in total. The van der Waals surface area contributed by atoms with E-state index in [0.29, 0.717) is 6.42 Å². The van der Waals surface area contributed by atoms with E-state index < -0.39 is 49.4 Å². The number of ether oxygens (including phenoxy) is 4. The summed E-state index contributed by atoms with van der Waals surface area (Å²) in [5, 5.41) is 40.0. The molecule has 1 rings (SSSR count). The van der Waals surface area contributed by atoms with Crippen molar-refractivity contribution >= 4 is 11.9 Å². The topological polar surface area (TPSA) is 152 Å². The Morgan fingerprint density at radius 1 is 0.529 bits per heavy atom. The molecule has 302 valence electrons. The Labute approximate surface area is 310 Å². The van der Waals surface area contributed by atoms with E-state index in [9.17, 15) is 30.0 Å². The van der Waals surface area contributed by atoms with Crippen molar-refractivity contribution in [1.82, 2.24) is 0 Å². The molecule has 0 bridgehead atoms. The van der Waals surface area contributed by atoms with Gasteiger partial charge in [-0.25, -0.2) is 0 Å². The summed E-state index contributed by atoms with van der Waals surface area (Å²) in [7, 11) is 0. The van der Waals surface area contributed by atoms with E-state index in [0.717, 1.165) is 38.5 Å². The van der Waals surface area contributed by atoms with Crippen LogP contribution in [0.3, 0.4) is 0 Å². The highest BCUT2D eigenvalue weighted by atomic mass is 16.7. The standard InChI is InChI=1S/C41H78O10/c1-3-5-7-9-11-13-15-17-19-21-23-25-27-29-36(43)48-32-34(33-49-41-40(47)39(46)38(45)35(31-42)51-41)50-37(44)30-28-26-24-22-20-18-16-14-12-10-8-6-4-2/h34-35,38-42,45-47H,3-33H2,1-2H3/t34-,35+,38-,39-,40+,41-/m0/s1. The first kappa shape index (κ1) is 47.7. The number of esters is 2. The molecule has 10 nitrogen and oxygen atoms in total. The Bertz CT molecular complexity index is 809. The summed E-state index contributed by atoms with van der Waals surface area (Å²) in [6, 6.07) is 0. The molecular formula is C41H78O10. The molecule has 1 heterocycles. The van der Waals surface area contributed by atoms with Crippen LogP contribution in [-0.2, 0) is 28.5 Å². The lowest BCUT2D eigenvalue weighted by Crippen LogP contribution is -2.59. The van der Waals surface area contributed by atoms with Crippen molar-refractivity contribution in [3.63, 3.8) is 0 Å². The first-order chi connectivity index (χ1) is 24.8. The number of hydrogen-bond donors (Lipinski definition) is 4. The summed E-state index contributed by atoms with van der Waals surface area (Å²) >= 11 is 0. The maximum atomic E-state index is 12.7. The summed E-state index contributed by atoms with van der Waals surface area (Å²) in [4.78, 5) is 25.2. The number of aliphatic hydroxyl groups is 4. The zero-order valence-corrected chi connectivity index (χ0v) is 32.6.